The number of rotatable bonds is 5. The van der Waals surface area contributed by atoms with E-state index in [9.17, 15) is 18.0 Å². The molecule has 1 aromatic heterocycles. The summed E-state index contributed by atoms with van der Waals surface area (Å²) in [7, 11) is 0. The number of alkyl halides is 3. The molecule has 1 saturated heterocycles. The minimum atomic E-state index is -4.55. The van der Waals surface area contributed by atoms with Gasteiger partial charge in [-0.3, -0.25) is 4.98 Å². The fourth-order valence-electron chi connectivity index (χ4n) is 3.15. The third kappa shape index (κ3) is 5.22. The second-order valence-electron chi connectivity index (χ2n) is 6.83. The molecule has 28 heavy (non-hydrogen) atoms. The van der Waals surface area contributed by atoms with E-state index < -0.39 is 24.4 Å². The van der Waals surface area contributed by atoms with Crippen LogP contribution in [-0.4, -0.2) is 35.9 Å². The fraction of sp³-hybridized carbons (Fsp3) is 0.400. The number of urea groups is 1. The van der Waals surface area contributed by atoms with Gasteiger partial charge in [-0.05, 0) is 43.0 Å². The molecule has 0 spiro atoms. The number of ether oxygens (including phenoxy) is 1. The van der Waals surface area contributed by atoms with Crippen LogP contribution in [0.5, 0.6) is 0 Å². The van der Waals surface area contributed by atoms with E-state index in [-0.39, 0.29) is 6.42 Å². The number of carbonyl (C=O) groups is 1. The van der Waals surface area contributed by atoms with Crippen molar-refractivity contribution < 1.29 is 22.7 Å². The molecular weight excluding hydrogens is 371 g/mol. The normalized spacial score (nSPS) is 17.9. The van der Waals surface area contributed by atoms with Crippen LogP contribution >= 0.6 is 0 Å². The maximum atomic E-state index is 13.3. The van der Waals surface area contributed by atoms with Gasteiger partial charge in [0.1, 0.15) is 6.04 Å². The Morgan fingerprint density at radius 1 is 1.32 bits per heavy atom. The van der Waals surface area contributed by atoms with E-state index in [0.29, 0.717) is 18.7 Å². The van der Waals surface area contributed by atoms with Gasteiger partial charge < -0.3 is 15.4 Å². The molecule has 2 heterocycles. The molecule has 0 radical (unpaired) electrons. The topological polar surface area (TPSA) is 63.2 Å². The standard InChI is InChI=1S/C20H22F3N3O2/c1-13-6-7-14(15-4-2-8-24-12-15)10-17(13)25-19(27)26-18(20(21,22)23)11-16-5-3-9-28-16/h2,4,6-8,10,12,16,18H,3,5,9,11H2,1H3,(H2,25,26,27). The molecule has 0 bridgehead atoms. The van der Waals surface area contributed by atoms with E-state index >= 15 is 0 Å². The van der Waals surface area contributed by atoms with Crippen LogP contribution in [0.2, 0.25) is 0 Å². The number of aryl methyl sites for hydroxylation is 1. The summed E-state index contributed by atoms with van der Waals surface area (Å²) in [4.78, 5) is 16.3. The van der Waals surface area contributed by atoms with Gasteiger partial charge in [-0.1, -0.05) is 18.2 Å². The Balaban J connectivity index is 1.70. The molecule has 1 aliphatic rings. The Bertz CT molecular complexity index is 806. The lowest BCUT2D eigenvalue weighted by Crippen LogP contribution is -2.48. The third-order valence-electron chi connectivity index (χ3n) is 4.70. The van der Waals surface area contributed by atoms with Gasteiger partial charge in [-0.25, -0.2) is 4.79 Å². The van der Waals surface area contributed by atoms with Crippen LogP contribution in [0.3, 0.4) is 0 Å². The highest BCUT2D eigenvalue weighted by Crippen LogP contribution is 2.28. The van der Waals surface area contributed by atoms with E-state index in [0.717, 1.165) is 23.1 Å². The molecule has 2 aromatic rings. The van der Waals surface area contributed by atoms with Gasteiger partial charge in [0.25, 0.3) is 0 Å². The van der Waals surface area contributed by atoms with Crippen molar-refractivity contribution in [2.24, 2.45) is 0 Å². The SMILES string of the molecule is Cc1ccc(-c2cccnc2)cc1NC(=O)NC(CC1CCCO1)C(F)(F)F. The van der Waals surface area contributed by atoms with Crippen LogP contribution in [0.25, 0.3) is 11.1 Å². The summed E-state index contributed by atoms with van der Waals surface area (Å²) in [5.41, 5.74) is 2.83. The first kappa shape index (κ1) is 20.1. The van der Waals surface area contributed by atoms with Crippen LogP contribution in [-0.2, 0) is 4.74 Å². The van der Waals surface area contributed by atoms with Gasteiger partial charge in [-0.2, -0.15) is 13.2 Å². The van der Waals surface area contributed by atoms with Gasteiger partial charge in [0.15, 0.2) is 0 Å². The summed E-state index contributed by atoms with van der Waals surface area (Å²) in [6.45, 7) is 2.23. The number of hydrogen-bond donors (Lipinski definition) is 2. The maximum absolute atomic E-state index is 13.3. The summed E-state index contributed by atoms with van der Waals surface area (Å²) in [6.07, 6.45) is -0.681. The van der Waals surface area contributed by atoms with Crippen molar-refractivity contribution >= 4 is 11.7 Å². The van der Waals surface area contributed by atoms with Crippen molar-refractivity contribution in [3.63, 3.8) is 0 Å². The Labute approximate surface area is 161 Å². The second-order valence-corrected chi connectivity index (χ2v) is 6.83. The van der Waals surface area contributed by atoms with E-state index in [4.69, 9.17) is 4.74 Å². The molecule has 1 fully saturated rings. The van der Waals surface area contributed by atoms with E-state index in [1.54, 1.807) is 37.5 Å². The van der Waals surface area contributed by atoms with Gasteiger partial charge in [0.05, 0.1) is 6.10 Å². The van der Waals surface area contributed by atoms with Gasteiger partial charge in [0, 0.05) is 36.7 Å². The summed E-state index contributed by atoms with van der Waals surface area (Å²) in [5.74, 6) is 0. The molecule has 2 unspecified atom stereocenters. The van der Waals surface area contributed by atoms with Crippen molar-refractivity contribution in [2.45, 2.75) is 44.5 Å². The molecule has 3 rings (SSSR count). The quantitative estimate of drug-likeness (QED) is 0.775. The first-order valence-corrected chi connectivity index (χ1v) is 9.10. The first-order valence-electron chi connectivity index (χ1n) is 9.10. The minimum Gasteiger partial charge on any atom is -0.378 e. The summed E-state index contributed by atoms with van der Waals surface area (Å²) >= 11 is 0. The lowest BCUT2D eigenvalue weighted by molar-refractivity contribution is -0.159. The van der Waals surface area contributed by atoms with Crippen molar-refractivity contribution in [3.05, 3.63) is 48.3 Å². The van der Waals surface area contributed by atoms with Crippen LogP contribution in [0.4, 0.5) is 23.7 Å². The first-order chi connectivity index (χ1) is 13.3. The highest BCUT2D eigenvalue weighted by Gasteiger charge is 2.42. The molecule has 150 valence electrons. The second kappa shape index (κ2) is 8.60. The Morgan fingerprint density at radius 2 is 2.14 bits per heavy atom. The van der Waals surface area contributed by atoms with E-state index in [1.807, 2.05) is 12.1 Å². The largest absolute Gasteiger partial charge is 0.408 e. The van der Waals surface area contributed by atoms with Gasteiger partial charge in [-0.15, -0.1) is 0 Å². The van der Waals surface area contributed by atoms with Gasteiger partial charge in [0.2, 0.25) is 0 Å². The number of halogens is 3. The van der Waals surface area contributed by atoms with Crippen LogP contribution < -0.4 is 10.6 Å². The lowest BCUT2D eigenvalue weighted by Gasteiger charge is -2.24. The maximum Gasteiger partial charge on any atom is 0.408 e. The zero-order valence-electron chi connectivity index (χ0n) is 15.4. The number of aromatic nitrogens is 1. The van der Waals surface area contributed by atoms with Crippen LogP contribution in [0.1, 0.15) is 24.8 Å². The monoisotopic (exact) mass is 393 g/mol. The van der Waals surface area contributed by atoms with Crippen molar-refractivity contribution in [1.82, 2.24) is 10.3 Å². The number of carbonyl (C=O) groups excluding carboxylic acids is 1. The fourth-order valence-corrected chi connectivity index (χ4v) is 3.15. The molecule has 1 aliphatic heterocycles. The predicted octanol–water partition coefficient (Wildman–Crippen LogP) is 4.68. The van der Waals surface area contributed by atoms with E-state index in [1.165, 1.54) is 0 Å². The zero-order chi connectivity index (χ0) is 20.1. The molecule has 2 N–H and O–H groups in total. The Hall–Kier alpha value is -2.61. The number of nitrogens with zero attached hydrogens (tertiary/aromatic N) is 1. The molecule has 0 aliphatic carbocycles. The molecule has 5 nitrogen and oxygen atoms in total. The molecule has 0 saturated carbocycles. The molecule has 8 heteroatoms. The number of benzene rings is 1. The number of anilines is 1. The van der Waals surface area contributed by atoms with Crippen molar-refractivity contribution in [1.29, 1.82) is 0 Å². The van der Waals surface area contributed by atoms with Crippen LogP contribution in [0, 0.1) is 6.92 Å². The van der Waals surface area contributed by atoms with Crippen molar-refractivity contribution in [3.8, 4) is 11.1 Å². The number of pyridine rings is 1. The highest BCUT2D eigenvalue weighted by atomic mass is 19.4. The predicted molar refractivity (Wildman–Crippen MR) is 100.0 cm³/mol. The smallest absolute Gasteiger partial charge is 0.378 e. The average Bonchev–Trinajstić information content (AvgIpc) is 3.16. The molecule has 2 atom stereocenters. The third-order valence-corrected chi connectivity index (χ3v) is 4.70. The summed E-state index contributed by atoms with van der Waals surface area (Å²) in [6, 6.07) is 6.17. The summed E-state index contributed by atoms with van der Waals surface area (Å²) < 4.78 is 45.3. The van der Waals surface area contributed by atoms with Crippen LogP contribution in [0.15, 0.2) is 42.7 Å². The molecule has 2 amide bonds. The van der Waals surface area contributed by atoms with Gasteiger partial charge >= 0.3 is 12.2 Å². The number of amides is 2. The summed E-state index contributed by atoms with van der Waals surface area (Å²) in [5, 5.41) is 4.59. The lowest BCUT2D eigenvalue weighted by atomic mass is 10.0. The Kier molecular flexibility index (Phi) is 6.18. The molecular formula is C20H22F3N3O2. The average molecular weight is 393 g/mol. The minimum absolute atomic E-state index is 0.286. The zero-order valence-corrected chi connectivity index (χ0v) is 15.4. The number of hydrogen-bond acceptors (Lipinski definition) is 3. The highest BCUT2D eigenvalue weighted by molar-refractivity contribution is 5.91. The number of nitrogens with one attached hydrogen (secondary N) is 2. The molecule has 1 aromatic carbocycles. The van der Waals surface area contributed by atoms with E-state index in [2.05, 4.69) is 15.6 Å². The Morgan fingerprint density at radius 3 is 2.79 bits per heavy atom. The van der Waals surface area contributed by atoms with Crippen molar-refractivity contribution in [2.75, 3.05) is 11.9 Å².